The number of imidazole rings is 1. The molecule has 0 aliphatic carbocycles. The summed E-state index contributed by atoms with van der Waals surface area (Å²) in [6.07, 6.45) is 2.49. The van der Waals surface area contributed by atoms with Crippen LogP contribution in [0.5, 0.6) is 0 Å². The molecule has 8 heteroatoms. The average molecular weight is 368 g/mol. The largest absolute Gasteiger partial charge is 0.351 e. The van der Waals surface area contributed by atoms with Crippen molar-refractivity contribution < 1.29 is 14.1 Å². The number of nitrogens with one attached hydrogen (secondary N) is 1. The van der Waals surface area contributed by atoms with E-state index >= 15 is 0 Å². The number of carbonyl (C=O) groups is 1. The van der Waals surface area contributed by atoms with E-state index in [1.807, 2.05) is 35.8 Å². The van der Waals surface area contributed by atoms with E-state index in [1.165, 1.54) is 18.2 Å². The second kappa shape index (κ2) is 7.77. The topological polar surface area (TPSA) is 90.1 Å². The second-order valence-corrected chi connectivity index (χ2v) is 5.88. The molecule has 1 heterocycles. The molecule has 1 amide bonds. The fourth-order valence-corrected chi connectivity index (χ4v) is 2.81. The van der Waals surface area contributed by atoms with Gasteiger partial charge in [0.2, 0.25) is 5.91 Å². The molecular formula is C19H17FN4O3. The number of aromatic nitrogens is 2. The number of halogens is 1. The molecule has 1 N–H and O–H groups in total. The van der Waals surface area contributed by atoms with Crippen LogP contribution in [0, 0.1) is 22.9 Å². The molecule has 2 aromatic carbocycles. The molecule has 0 aliphatic heterocycles. The Morgan fingerprint density at radius 3 is 2.89 bits per heavy atom. The van der Waals surface area contributed by atoms with Crippen LogP contribution in [0.25, 0.3) is 17.1 Å². The van der Waals surface area contributed by atoms with Crippen LogP contribution in [0.3, 0.4) is 0 Å². The van der Waals surface area contributed by atoms with Crippen molar-refractivity contribution in [3.63, 3.8) is 0 Å². The zero-order valence-electron chi connectivity index (χ0n) is 14.6. The van der Waals surface area contributed by atoms with Gasteiger partial charge in [0.15, 0.2) is 0 Å². The van der Waals surface area contributed by atoms with Crippen LogP contribution in [0.1, 0.15) is 11.4 Å². The van der Waals surface area contributed by atoms with E-state index in [2.05, 4.69) is 10.3 Å². The summed E-state index contributed by atoms with van der Waals surface area (Å²) in [7, 11) is 0. The highest BCUT2D eigenvalue weighted by Crippen LogP contribution is 2.21. The third-order valence-electron chi connectivity index (χ3n) is 4.08. The zero-order valence-corrected chi connectivity index (χ0v) is 14.6. The van der Waals surface area contributed by atoms with E-state index < -0.39 is 16.6 Å². The number of nitro benzene ring substituents is 1. The number of carbonyl (C=O) groups excluding carboxylic acids is 1. The van der Waals surface area contributed by atoms with Gasteiger partial charge in [-0.15, -0.1) is 0 Å². The number of fused-ring (bicyclic) bond motifs is 1. The molecule has 1 aromatic heterocycles. The first-order valence-corrected chi connectivity index (χ1v) is 8.27. The van der Waals surface area contributed by atoms with E-state index in [0.29, 0.717) is 13.1 Å². The number of aryl methyl sites for hydroxylation is 1. The molecule has 0 aliphatic rings. The first-order chi connectivity index (χ1) is 13.0. The predicted molar refractivity (Wildman–Crippen MR) is 99.6 cm³/mol. The minimum absolute atomic E-state index is 0.160. The van der Waals surface area contributed by atoms with Crippen LogP contribution in [0.2, 0.25) is 0 Å². The third-order valence-corrected chi connectivity index (χ3v) is 4.08. The fraction of sp³-hybridized carbons (Fsp3) is 0.158. The molecule has 0 unspecified atom stereocenters. The molecule has 0 radical (unpaired) electrons. The number of nitrogens with zero attached hydrogens (tertiary/aromatic N) is 3. The number of rotatable bonds is 6. The molecule has 0 bridgehead atoms. The van der Waals surface area contributed by atoms with E-state index in [0.717, 1.165) is 29.0 Å². The molecule has 0 spiro atoms. The first-order valence-electron chi connectivity index (χ1n) is 8.27. The maximum absolute atomic E-state index is 13.1. The number of hydrogen-bond acceptors (Lipinski definition) is 4. The van der Waals surface area contributed by atoms with Gasteiger partial charge in [-0.3, -0.25) is 14.9 Å². The molecule has 3 aromatic rings. The van der Waals surface area contributed by atoms with Crippen LogP contribution in [-0.2, 0) is 11.3 Å². The average Bonchev–Trinajstić information content (AvgIpc) is 2.96. The maximum Gasteiger partial charge on any atom is 0.279 e. The Labute approximate surface area is 154 Å². The van der Waals surface area contributed by atoms with Gasteiger partial charge in [0.05, 0.1) is 27.6 Å². The van der Waals surface area contributed by atoms with E-state index in [1.54, 1.807) is 0 Å². The van der Waals surface area contributed by atoms with Gasteiger partial charge in [0, 0.05) is 19.2 Å². The highest BCUT2D eigenvalue weighted by atomic mass is 19.1. The summed E-state index contributed by atoms with van der Waals surface area (Å²) in [5.41, 5.74) is 1.65. The van der Waals surface area contributed by atoms with Gasteiger partial charge in [0.1, 0.15) is 11.6 Å². The molecular weight excluding hydrogens is 351 g/mol. The molecule has 0 saturated heterocycles. The standard InChI is InChI=1S/C19H17FN4O3/c1-13-22-16-4-2-3-5-17(16)23(13)11-10-21-19(25)9-7-14-6-8-15(20)12-18(14)24(26)27/h2-9,12H,10-11H2,1H3,(H,21,25). The lowest BCUT2D eigenvalue weighted by atomic mass is 10.1. The van der Waals surface area contributed by atoms with Crippen molar-refractivity contribution in [1.29, 1.82) is 0 Å². The molecule has 0 atom stereocenters. The fourth-order valence-electron chi connectivity index (χ4n) is 2.81. The SMILES string of the molecule is Cc1nc2ccccc2n1CCNC(=O)C=Cc1ccc(F)cc1[N+](=O)[O-]. The summed E-state index contributed by atoms with van der Waals surface area (Å²) in [5, 5.41) is 13.7. The maximum atomic E-state index is 13.1. The van der Waals surface area contributed by atoms with E-state index in [4.69, 9.17) is 0 Å². The molecule has 7 nitrogen and oxygen atoms in total. The Balaban J connectivity index is 1.63. The van der Waals surface area contributed by atoms with Crippen LogP contribution in [0.15, 0.2) is 48.5 Å². The highest BCUT2D eigenvalue weighted by molar-refractivity contribution is 5.92. The number of nitro groups is 1. The quantitative estimate of drug-likeness (QED) is 0.411. The molecule has 27 heavy (non-hydrogen) atoms. The Morgan fingerprint density at radius 1 is 1.33 bits per heavy atom. The number of benzene rings is 2. The molecule has 0 saturated carbocycles. The van der Waals surface area contributed by atoms with Gasteiger partial charge in [0.25, 0.3) is 5.69 Å². The van der Waals surface area contributed by atoms with Crippen LogP contribution >= 0.6 is 0 Å². The minimum Gasteiger partial charge on any atom is -0.351 e. The Bertz CT molecular complexity index is 1040. The Hall–Kier alpha value is -3.55. The van der Waals surface area contributed by atoms with Crippen molar-refractivity contribution in [3.8, 4) is 0 Å². The van der Waals surface area contributed by atoms with Crippen LogP contribution < -0.4 is 5.32 Å². The summed E-state index contributed by atoms with van der Waals surface area (Å²) in [5.74, 6) is -0.246. The zero-order chi connectivity index (χ0) is 19.4. The van der Waals surface area contributed by atoms with Gasteiger partial charge >= 0.3 is 0 Å². The van der Waals surface area contributed by atoms with E-state index in [-0.39, 0.29) is 11.3 Å². The van der Waals surface area contributed by atoms with Gasteiger partial charge in [-0.1, -0.05) is 12.1 Å². The Morgan fingerprint density at radius 2 is 2.11 bits per heavy atom. The molecule has 3 rings (SSSR count). The third kappa shape index (κ3) is 4.17. The summed E-state index contributed by atoms with van der Waals surface area (Å²) >= 11 is 0. The predicted octanol–water partition coefficient (Wildman–Crippen LogP) is 3.22. The van der Waals surface area contributed by atoms with Gasteiger partial charge in [-0.25, -0.2) is 9.37 Å². The summed E-state index contributed by atoms with van der Waals surface area (Å²) in [4.78, 5) is 26.7. The normalized spacial score (nSPS) is 11.2. The minimum atomic E-state index is -0.703. The van der Waals surface area contributed by atoms with Crippen molar-refractivity contribution in [3.05, 3.63) is 75.9 Å². The second-order valence-electron chi connectivity index (χ2n) is 5.88. The molecule has 0 fully saturated rings. The van der Waals surface area contributed by atoms with Gasteiger partial charge in [-0.2, -0.15) is 0 Å². The lowest BCUT2D eigenvalue weighted by molar-refractivity contribution is -0.385. The van der Waals surface area contributed by atoms with Crippen LogP contribution in [0.4, 0.5) is 10.1 Å². The monoisotopic (exact) mass is 368 g/mol. The summed E-state index contributed by atoms with van der Waals surface area (Å²) < 4.78 is 15.1. The summed E-state index contributed by atoms with van der Waals surface area (Å²) in [6.45, 7) is 2.81. The van der Waals surface area contributed by atoms with E-state index in [9.17, 15) is 19.3 Å². The first kappa shape index (κ1) is 18.2. The molecule has 138 valence electrons. The lowest BCUT2D eigenvalue weighted by Gasteiger charge is -2.07. The highest BCUT2D eigenvalue weighted by Gasteiger charge is 2.13. The van der Waals surface area contributed by atoms with Crippen molar-refractivity contribution in [2.24, 2.45) is 0 Å². The summed E-state index contributed by atoms with van der Waals surface area (Å²) in [6, 6.07) is 10.9. The van der Waals surface area contributed by atoms with Gasteiger partial charge in [-0.05, 0) is 37.3 Å². The van der Waals surface area contributed by atoms with Crippen molar-refractivity contribution >= 4 is 28.7 Å². The number of para-hydroxylation sites is 2. The van der Waals surface area contributed by atoms with Crippen LogP contribution in [-0.4, -0.2) is 26.9 Å². The van der Waals surface area contributed by atoms with Crippen molar-refractivity contribution in [1.82, 2.24) is 14.9 Å². The Kier molecular flexibility index (Phi) is 5.25. The van der Waals surface area contributed by atoms with Gasteiger partial charge < -0.3 is 9.88 Å². The lowest BCUT2D eigenvalue weighted by Crippen LogP contribution is -2.25. The number of hydrogen-bond donors (Lipinski definition) is 1. The smallest absolute Gasteiger partial charge is 0.279 e. The van der Waals surface area contributed by atoms with Crippen molar-refractivity contribution in [2.75, 3.05) is 6.54 Å². The van der Waals surface area contributed by atoms with Crippen molar-refractivity contribution in [2.45, 2.75) is 13.5 Å². The number of amides is 1.